The molecule has 0 unspecified atom stereocenters. The van der Waals surface area contributed by atoms with Crippen molar-refractivity contribution in [2.45, 2.75) is 19.9 Å². The monoisotopic (exact) mass is 466 g/mol. The highest BCUT2D eigenvalue weighted by Crippen LogP contribution is 2.17. The van der Waals surface area contributed by atoms with Gasteiger partial charge >= 0.3 is 6.16 Å². The largest absolute Gasteiger partial charge is 0.513 e. The highest BCUT2D eigenvalue weighted by atomic mass is 35.5. The van der Waals surface area contributed by atoms with Crippen LogP contribution < -0.4 is 15.4 Å². The molecule has 33 heavy (non-hydrogen) atoms. The molecule has 0 aromatic heterocycles. The molecule has 7 nitrogen and oxygen atoms in total. The normalized spacial score (nSPS) is 10.2. The molecule has 8 heteroatoms. The summed E-state index contributed by atoms with van der Waals surface area (Å²) in [7, 11) is 0. The van der Waals surface area contributed by atoms with Gasteiger partial charge in [0.25, 0.3) is 5.91 Å². The van der Waals surface area contributed by atoms with Crippen LogP contribution in [0.15, 0.2) is 72.8 Å². The van der Waals surface area contributed by atoms with Gasteiger partial charge in [-0.1, -0.05) is 41.9 Å². The van der Waals surface area contributed by atoms with Crippen LogP contribution in [0.3, 0.4) is 0 Å². The Bertz CT molecular complexity index is 1110. The maximum atomic E-state index is 12.4. The van der Waals surface area contributed by atoms with Crippen LogP contribution in [0.5, 0.6) is 5.75 Å². The number of benzene rings is 3. The molecule has 3 aromatic rings. The Balaban J connectivity index is 1.48. The van der Waals surface area contributed by atoms with E-state index in [-0.39, 0.29) is 30.6 Å². The SMILES string of the molecule is CCOC(=O)Oc1ccc(C(=O)Nc2ccc(CNC(=O)Cc3ccccc3Cl)cc2)cc1. The Morgan fingerprint density at radius 1 is 0.909 bits per heavy atom. The van der Waals surface area contributed by atoms with E-state index in [1.54, 1.807) is 37.3 Å². The quantitative estimate of drug-likeness (QED) is 0.360. The van der Waals surface area contributed by atoms with Gasteiger partial charge in [-0.2, -0.15) is 0 Å². The molecule has 0 aliphatic carbocycles. The van der Waals surface area contributed by atoms with E-state index in [1.165, 1.54) is 12.1 Å². The number of anilines is 1. The third-order valence-electron chi connectivity index (χ3n) is 4.59. The molecule has 0 saturated carbocycles. The minimum atomic E-state index is -0.796. The van der Waals surface area contributed by atoms with E-state index in [4.69, 9.17) is 21.1 Å². The van der Waals surface area contributed by atoms with Gasteiger partial charge in [-0.05, 0) is 60.5 Å². The smallest absolute Gasteiger partial charge is 0.434 e. The fourth-order valence-electron chi connectivity index (χ4n) is 2.90. The van der Waals surface area contributed by atoms with Gasteiger partial charge in [-0.15, -0.1) is 0 Å². The van der Waals surface area contributed by atoms with Crippen molar-refractivity contribution in [3.8, 4) is 5.75 Å². The van der Waals surface area contributed by atoms with Crippen molar-refractivity contribution in [1.29, 1.82) is 0 Å². The number of rotatable bonds is 8. The topological polar surface area (TPSA) is 93.7 Å². The van der Waals surface area contributed by atoms with Gasteiger partial charge in [0.1, 0.15) is 5.75 Å². The highest BCUT2D eigenvalue weighted by Gasteiger charge is 2.10. The Hall–Kier alpha value is -3.84. The van der Waals surface area contributed by atoms with E-state index in [1.807, 2.05) is 30.3 Å². The maximum absolute atomic E-state index is 12.4. The van der Waals surface area contributed by atoms with Crippen LogP contribution in [0.2, 0.25) is 5.02 Å². The van der Waals surface area contributed by atoms with Crippen LogP contribution >= 0.6 is 11.6 Å². The second kappa shape index (κ2) is 11.7. The van der Waals surface area contributed by atoms with Crippen LogP contribution in [-0.4, -0.2) is 24.6 Å². The molecule has 3 aromatic carbocycles. The molecule has 170 valence electrons. The predicted octanol–water partition coefficient (Wildman–Crippen LogP) is 4.99. The van der Waals surface area contributed by atoms with Gasteiger partial charge in [0.2, 0.25) is 5.91 Å². The van der Waals surface area contributed by atoms with Crippen molar-refractivity contribution in [3.05, 3.63) is 94.5 Å². The van der Waals surface area contributed by atoms with Crippen molar-refractivity contribution < 1.29 is 23.9 Å². The number of amides is 2. The second-order valence-corrected chi connectivity index (χ2v) is 7.41. The summed E-state index contributed by atoms with van der Waals surface area (Å²) in [6.07, 6.45) is -0.591. The van der Waals surface area contributed by atoms with Gasteiger partial charge in [0, 0.05) is 22.8 Å². The van der Waals surface area contributed by atoms with Crippen LogP contribution in [0, 0.1) is 0 Å². The van der Waals surface area contributed by atoms with E-state index in [9.17, 15) is 14.4 Å². The summed E-state index contributed by atoms with van der Waals surface area (Å²) < 4.78 is 9.68. The zero-order valence-corrected chi connectivity index (χ0v) is 18.7. The molecular weight excluding hydrogens is 444 g/mol. The number of hydrogen-bond donors (Lipinski definition) is 2. The molecule has 2 N–H and O–H groups in total. The predicted molar refractivity (Wildman–Crippen MR) is 125 cm³/mol. The van der Waals surface area contributed by atoms with Gasteiger partial charge in [0.15, 0.2) is 0 Å². The number of carbonyl (C=O) groups excluding carboxylic acids is 3. The molecule has 0 fully saturated rings. The lowest BCUT2D eigenvalue weighted by atomic mass is 10.1. The Kier molecular flexibility index (Phi) is 8.43. The highest BCUT2D eigenvalue weighted by molar-refractivity contribution is 6.31. The molecular formula is C25H23ClN2O5. The summed E-state index contributed by atoms with van der Waals surface area (Å²) in [6.45, 7) is 2.26. The zero-order chi connectivity index (χ0) is 23.6. The van der Waals surface area contributed by atoms with Crippen LogP contribution in [0.1, 0.15) is 28.4 Å². The lowest BCUT2D eigenvalue weighted by molar-refractivity contribution is -0.120. The molecule has 0 aliphatic rings. The third kappa shape index (κ3) is 7.36. The molecule has 0 saturated heterocycles. The fraction of sp³-hybridized carbons (Fsp3) is 0.160. The van der Waals surface area contributed by atoms with Crippen molar-refractivity contribution in [2.75, 3.05) is 11.9 Å². The first kappa shape index (κ1) is 23.8. The molecule has 3 rings (SSSR count). The number of carbonyl (C=O) groups is 3. The number of hydrogen-bond acceptors (Lipinski definition) is 5. The summed E-state index contributed by atoms with van der Waals surface area (Å²) in [5.74, 6) is -0.153. The number of nitrogens with one attached hydrogen (secondary N) is 2. The summed E-state index contributed by atoms with van der Waals surface area (Å²) in [4.78, 5) is 35.9. The average molecular weight is 467 g/mol. The van der Waals surface area contributed by atoms with E-state index < -0.39 is 6.16 Å². The van der Waals surface area contributed by atoms with Gasteiger partial charge in [-0.3, -0.25) is 9.59 Å². The number of ether oxygens (including phenoxy) is 2. The minimum Gasteiger partial charge on any atom is -0.434 e. The van der Waals surface area contributed by atoms with Gasteiger partial charge < -0.3 is 20.1 Å². The Morgan fingerprint density at radius 3 is 2.27 bits per heavy atom. The van der Waals surface area contributed by atoms with E-state index >= 15 is 0 Å². The summed E-state index contributed by atoms with van der Waals surface area (Å²) in [5.41, 5.74) is 2.68. The van der Waals surface area contributed by atoms with Crippen molar-refractivity contribution in [1.82, 2.24) is 5.32 Å². The third-order valence-corrected chi connectivity index (χ3v) is 4.96. The van der Waals surface area contributed by atoms with Crippen molar-refractivity contribution >= 4 is 35.3 Å². The van der Waals surface area contributed by atoms with E-state index in [2.05, 4.69) is 10.6 Å². The fourth-order valence-corrected chi connectivity index (χ4v) is 3.11. The van der Waals surface area contributed by atoms with Gasteiger partial charge in [0.05, 0.1) is 13.0 Å². The van der Waals surface area contributed by atoms with E-state index in [0.29, 0.717) is 22.8 Å². The average Bonchev–Trinajstić information content (AvgIpc) is 2.81. The van der Waals surface area contributed by atoms with Crippen molar-refractivity contribution in [3.63, 3.8) is 0 Å². The molecule has 0 bridgehead atoms. The van der Waals surface area contributed by atoms with Crippen molar-refractivity contribution in [2.24, 2.45) is 0 Å². The van der Waals surface area contributed by atoms with Gasteiger partial charge in [-0.25, -0.2) is 4.79 Å². The Labute approximate surface area is 196 Å². The molecule has 2 amide bonds. The number of halogens is 1. The summed E-state index contributed by atoms with van der Waals surface area (Å²) in [5, 5.41) is 6.22. The summed E-state index contributed by atoms with van der Waals surface area (Å²) >= 11 is 6.09. The minimum absolute atomic E-state index is 0.129. The Morgan fingerprint density at radius 2 is 1.61 bits per heavy atom. The van der Waals surface area contributed by atoms with Crippen LogP contribution in [0.4, 0.5) is 10.5 Å². The zero-order valence-electron chi connectivity index (χ0n) is 18.0. The summed E-state index contributed by atoms with van der Waals surface area (Å²) in [6, 6.07) is 20.5. The lowest BCUT2D eigenvalue weighted by Gasteiger charge is -2.09. The second-order valence-electron chi connectivity index (χ2n) is 7.01. The molecule has 0 heterocycles. The first-order valence-electron chi connectivity index (χ1n) is 10.3. The molecule has 0 atom stereocenters. The van der Waals surface area contributed by atoms with Crippen LogP contribution in [0.25, 0.3) is 0 Å². The lowest BCUT2D eigenvalue weighted by Crippen LogP contribution is -2.24. The molecule has 0 spiro atoms. The maximum Gasteiger partial charge on any atom is 0.513 e. The molecule has 0 radical (unpaired) electrons. The van der Waals surface area contributed by atoms with Crippen LogP contribution in [-0.2, 0) is 22.5 Å². The molecule has 0 aliphatic heterocycles. The first-order valence-corrected chi connectivity index (χ1v) is 10.7. The van der Waals surface area contributed by atoms with E-state index in [0.717, 1.165) is 11.1 Å². The first-order chi connectivity index (χ1) is 15.9. The standard InChI is InChI=1S/C25H23ClN2O5/c1-2-32-25(31)33-21-13-9-18(10-14-21)24(30)28-20-11-7-17(8-12-20)16-27-23(29)15-19-5-3-4-6-22(19)26/h3-14H,2,15-16H2,1H3,(H,27,29)(H,28,30).